The van der Waals surface area contributed by atoms with Crippen LogP contribution < -0.4 is 18.9 Å². The summed E-state index contributed by atoms with van der Waals surface area (Å²) in [4.78, 5) is 21.6. The number of aliphatic hydroxyl groups excluding tert-OH is 2. The van der Waals surface area contributed by atoms with E-state index in [0.717, 1.165) is 0 Å². The molecule has 0 bridgehead atoms. The van der Waals surface area contributed by atoms with Crippen LogP contribution in [-0.4, -0.2) is 93.4 Å². The van der Waals surface area contributed by atoms with Gasteiger partial charge in [-0.3, -0.25) is 9.59 Å². The number of rotatable bonds is 10. The van der Waals surface area contributed by atoms with E-state index in [9.17, 15) is 9.59 Å². The van der Waals surface area contributed by atoms with Gasteiger partial charge >= 0.3 is 30.8 Å². The molecule has 0 aliphatic carbocycles. The number of hydrogen-bond donors (Lipinski definition) is 2. The van der Waals surface area contributed by atoms with Gasteiger partial charge in [0.2, 0.25) is 0 Å². The van der Waals surface area contributed by atoms with E-state index in [-0.39, 0.29) is 69.8 Å². The van der Waals surface area contributed by atoms with E-state index in [1.165, 1.54) is 21.3 Å². The van der Waals surface area contributed by atoms with E-state index in [0.29, 0.717) is 12.8 Å². The summed E-state index contributed by atoms with van der Waals surface area (Å²) in [6.45, 7) is 0.247. The molecule has 0 saturated carbocycles. The molecule has 10 heteroatoms. The summed E-state index contributed by atoms with van der Waals surface area (Å²) >= 11 is 0. The van der Waals surface area contributed by atoms with Gasteiger partial charge in [0, 0.05) is 27.4 Å². The third kappa shape index (κ3) is 20.0. The first-order valence-electron chi connectivity index (χ1n) is 6.89. The Kier molecular flexibility index (Phi) is 30.2. The van der Waals surface area contributed by atoms with Crippen LogP contribution >= 0.6 is 0 Å². The second kappa shape index (κ2) is 22.9. The fourth-order valence-corrected chi connectivity index (χ4v) is 1.45. The Hall–Kier alpha value is -0.0901. The van der Waals surface area contributed by atoms with Gasteiger partial charge in [0.15, 0.2) is 17.4 Å². The van der Waals surface area contributed by atoms with Crippen molar-refractivity contribution in [3.05, 3.63) is 0 Å². The van der Waals surface area contributed by atoms with Crippen LogP contribution in [0.2, 0.25) is 0 Å². The van der Waals surface area contributed by atoms with E-state index in [1.54, 1.807) is 7.11 Å². The molecule has 0 aliphatic rings. The van der Waals surface area contributed by atoms with Gasteiger partial charge in [-0.1, -0.05) is 0 Å². The average molecular weight is 362 g/mol. The number of aliphatic hydroxyl groups is 2. The van der Waals surface area contributed by atoms with Crippen molar-refractivity contribution in [2.24, 2.45) is 0 Å². The van der Waals surface area contributed by atoms with Gasteiger partial charge < -0.3 is 30.6 Å². The first-order valence-corrected chi connectivity index (χ1v) is 6.89. The maximum absolute atomic E-state index is 10.8. The molecule has 0 fully saturated rings. The van der Waals surface area contributed by atoms with Crippen LogP contribution in [0.25, 0.3) is 0 Å². The van der Waals surface area contributed by atoms with E-state index in [1.807, 2.05) is 0 Å². The number of methoxy groups -OCH3 is 4. The molecule has 0 amide bonds. The molecule has 0 atom stereocenters. The second-order valence-corrected chi connectivity index (χ2v) is 4.30. The van der Waals surface area contributed by atoms with E-state index in [2.05, 4.69) is 9.47 Å². The van der Waals surface area contributed by atoms with Crippen molar-refractivity contribution in [3.8, 4) is 0 Å². The SMILES string of the molecule is COC(=O)CC(CC(=O)OC)OC.COC(CCO)CCO.[AlH3].[H-].[Li+]. The van der Waals surface area contributed by atoms with Crippen molar-refractivity contribution in [2.75, 3.05) is 41.7 Å². The minimum Gasteiger partial charge on any atom is -1.00 e. The molecule has 0 radical (unpaired) electrons. The fourth-order valence-electron chi connectivity index (χ4n) is 1.45. The van der Waals surface area contributed by atoms with Gasteiger partial charge in [-0.05, 0) is 12.8 Å². The minimum atomic E-state index is -0.472. The van der Waals surface area contributed by atoms with Crippen LogP contribution in [-0.2, 0) is 28.5 Å². The van der Waals surface area contributed by atoms with Gasteiger partial charge in [0.1, 0.15) is 0 Å². The van der Waals surface area contributed by atoms with Crippen molar-refractivity contribution < 1.29 is 59.0 Å². The van der Waals surface area contributed by atoms with Crippen molar-refractivity contribution in [3.63, 3.8) is 0 Å². The van der Waals surface area contributed by atoms with Crippen molar-refractivity contribution >= 4 is 29.3 Å². The summed E-state index contributed by atoms with van der Waals surface area (Å²) < 4.78 is 18.7. The molecule has 0 unspecified atom stereocenters. The number of carbonyl (C=O) groups excluding carboxylic acids is 2. The third-order valence-corrected chi connectivity index (χ3v) is 2.81. The van der Waals surface area contributed by atoms with E-state index >= 15 is 0 Å². The van der Waals surface area contributed by atoms with E-state index < -0.39 is 18.0 Å². The van der Waals surface area contributed by atoms with Crippen LogP contribution in [0.4, 0.5) is 0 Å². The van der Waals surface area contributed by atoms with Gasteiger partial charge in [-0.25, -0.2) is 0 Å². The quantitative estimate of drug-likeness (QED) is 0.297. The second-order valence-electron chi connectivity index (χ2n) is 4.30. The predicted octanol–water partition coefficient (Wildman–Crippen LogP) is -4.17. The monoisotopic (exact) mass is 362 g/mol. The molecule has 8 nitrogen and oxygen atoms in total. The first-order chi connectivity index (χ1) is 10.5. The van der Waals surface area contributed by atoms with Gasteiger partial charge in [0.25, 0.3) is 0 Å². The maximum atomic E-state index is 10.8. The zero-order valence-corrected chi connectivity index (χ0v) is 14.7. The molecule has 0 rings (SSSR count). The Morgan fingerprint density at radius 2 is 1.17 bits per heavy atom. The third-order valence-electron chi connectivity index (χ3n) is 2.81. The molecule has 2 N–H and O–H groups in total. The van der Waals surface area contributed by atoms with Gasteiger partial charge in [-0.2, -0.15) is 0 Å². The zero-order chi connectivity index (χ0) is 17.4. The summed E-state index contributed by atoms with van der Waals surface area (Å²) in [5.41, 5.74) is 0. The standard InChI is InChI=1S/C8H14O5.C6H14O3.Al.Li.4H/c1-11-6(4-7(9)12-2)5-8(10)13-3;1-9-6(2-4-7)3-5-8;;;;;;/h6H,4-5H2,1-3H3;6-8H,2-5H2,1H3;;;;;;/q;;;+1;;;;-1. The molecule has 24 heavy (non-hydrogen) atoms. The molecule has 0 aromatic carbocycles. The Bertz CT molecular complexity index is 276. The minimum absolute atomic E-state index is 0. The summed E-state index contributed by atoms with van der Waals surface area (Å²) in [7, 11) is 5.58. The summed E-state index contributed by atoms with van der Waals surface area (Å²) in [6.07, 6.45) is 0.873. The normalized spacial score (nSPS) is 9.33. The first kappa shape index (κ1) is 31.7. The molecule has 0 heterocycles. The average Bonchev–Trinajstić information content (AvgIpc) is 2.54. The fraction of sp³-hybridized carbons (Fsp3) is 0.857. The molecule has 0 saturated heterocycles. The summed E-state index contributed by atoms with van der Waals surface area (Å²) in [5, 5.41) is 16.9. The Morgan fingerprint density at radius 1 is 0.833 bits per heavy atom. The van der Waals surface area contributed by atoms with Crippen molar-refractivity contribution in [1.82, 2.24) is 0 Å². The van der Waals surface area contributed by atoms with Crippen LogP contribution in [0.5, 0.6) is 0 Å². The largest absolute Gasteiger partial charge is 1.00 e. The Balaban J connectivity index is -0.0000001000. The molecule has 0 aromatic heterocycles. The van der Waals surface area contributed by atoms with E-state index in [4.69, 9.17) is 19.7 Å². The van der Waals surface area contributed by atoms with Gasteiger partial charge in [-0.15, -0.1) is 0 Å². The number of hydrogen-bond acceptors (Lipinski definition) is 8. The molecule has 0 aromatic rings. The number of carbonyl (C=O) groups is 2. The van der Waals surface area contributed by atoms with Crippen LogP contribution in [0, 0.1) is 0 Å². The maximum Gasteiger partial charge on any atom is 1.00 e. The number of esters is 2. The smallest absolute Gasteiger partial charge is 1.00 e. The van der Waals surface area contributed by atoms with Gasteiger partial charge in [0.05, 0.1) is 39.3 Å². The van der Waals surface area contributed by atoms with Crippen LogP contribution in [0.3, 0.4) is 0 Å². The number of ether oxygens (including phenoxy) is 4. The molecular weight excluding hydrogens is 330 g/mol. The summed E-state index contributed by atoms with van der Waals surface area (Å²) in [5.74, 6) is -0.813. The van der Waals surface area contributed by atoms with Crippen molar-refractivity contribution in [1.29, 1.82) is 0 Å². The Labute approximate surface area is 168 Å². The summed E-state index contributed by atoms with van der Waals surface area (Å²) in [6, 6.07) is 0. The van der Waals surface area contributed by atoms with Crippen LogP contribution in [0.1, 0.15) is 27.1 Å². The predicted molar refractivity (Wildman–Crippen MR) is 89.3 cm³/mol. The molecule has 0 spiro atoms. The molecule has 0 aliphatic heterocycles. The zero-order valence-electron chi connectivity index (χ0n) is 15.7. The molecule has 140 valence electrons. The topological polar surface area (TPSA) is 112 Å². The van der Waals surface area contributed by atoms with Crippen molar-refractivity contribution in [2.45, 2.75) is 37.9 Å². The van der Waals surface area contributed by atoms with Crippen LogP contribution in [0.15, 0.2) is 0 Å². The Morgan fingerprint density at radius 3 is 1.38 bits per heavy atom. The molecular formula is C14H32AlLiO8.